The van der Waals surface area contributed by atoms with Crippen LogP contribution in [-0.4, -0.2) is 15.9 Å². The van der Waals surface area contributed by atoms with Gasteiger partial charge in [0.25, 0.3) is 0 Å². The fraction of sp³-hybridized carbons (Fsp3) is 0.312. The first-order valence-electron chi connectivity index (χ1n) is 7.12. The van der Waals surface area contributed by atoms with Crippen LogP contribution in [-0.2, 0) is 6.42 Å². The molecule has 1 aromatic carbocycles. The summed E-state index contributed by atoms with van der Waals surface area (Å²) in [7, 11) is 0. The molecule has 2 heterocycles. The number of thiazole rings is 1. The van der Waals surface area contributed by atoms with E-state index in [0.717, 1.165) is 22.8 Å². The molecule has 4 nitrogen and oxygen atoms in total. The summed E-state index contributed by atoms with van der Waals surface area (Å²) in [5.41, 5.74) is 7.95. The molecule has 0 radical (unpaired) electrons. The Balaban J connectivity index is 2.02. The second-order valence-electron chi connectivity index (χ2n) is 5.25. The van der Waals surface area contributed by atoms with E-state index in [0.29, 0.717) is 18.3 Å². The molecule has 0 aliphatic rings. The molecular weight excluding hydrogens is 282 g/mol. The van der Waals surface area contributed by atoms with Crippen molar-refractivity contribution in [3.63, 3.8) is 0 Å². The van der Waals surface area contributed by atoms with E-state index in [1.807, 2.05) is 29.8 Å². The van der Waals surface area contributed by atoms with Gasteiger partial charge >= 0.3 is 0 Å². The van der Waals surface area contributed by atoms with Gasteiger partial charge in [-0.1, -0.05) is 32.0 Å². The van der Waals surface area contributed by atoms with Crippen LogP contribution in [0.2, 0.25) is 0 Å². The average Bonchev–Trinajstić information content (AvgIpc) is 3.03. The van der Waals surface area contributed by atoms with Crippen LogP contribution >= 0.6 is 11.3 Å². The fourth-order valence-corrected chi connectivity index (χ4v) is 3.14. The number of ether oxygens (including phenoxy) is 1. The summed E-state index contributed by atoms with van der Waals surface area (Å²) in [5.74, 6) is 1.94. The van der Waals surface area contributed by atoms with Gasteiger partial charge in [0.2, 0.25) is 5.88 Å². The molecule has 0 amide bonds. The molecule has 0 saturated heterocycles. The van der Waals surface area contributed by atoms with Gasteiger partial charge in [-0.05, 0) is 24.1 Å². The number of imidazole rings is 1. The molecule has 0 bridgehead atoms. The Morgan fingerprint density at radius 1 is 1.33 bits per heavy atom. The molecule has 0 aliphatic carbocycles. The van der Waals surface area contributed by atoms with E-state index in [2.05, 4.69) is 29.3 Å². The number of hydrogen-bond acceptors (Lipinski definition) is 4. The first-order valence-corrected chi connectivity index (χ1v) is 8.00. The molecule has 3 rings (SSSR count). The van der Waals surface area contributed by atoms with Crippen molar-refractivity contribution in [3.05, 3.63) is 47.1 Å². The molecular formula is C16H19N3OS. The summed E-state index contributed by atoms with van der Waals surface area (Å²) in [6, 6.07) is 8.12. The Bertz CT molecular complexity index is 745. The molecule has 3 aromatic rings. The zero-order valence-electron chi connectivity index (χ0n) is 12.2. The standard InChI is InChI=1S/C16H19N3OS/c1-11(2)12-5-3-4-6-14(12)20-15-13(7-8-17)19-9-10-21-16(19)18-15/h3-6,9-11H,7-8,17H2,1-2H3. The third-order valence-corrected chi connectivity index (χ3v) is 4.21. The van der Waals surface area contributed by atoms with Crippen LogP contribution < -0.4 is 10.5 Å². The Morgan fingerprint density at radius 3 is 2.90 bits per heavy atom. The zero-order chi connectivity index (χ0) is 14.8. The molecule has 21 heavy (non-hydrogen) atoms. The number of rotatable bonds is 5. The molecule has 2 N–H and O–H groups in total. The number of hydrogen-bond donors (Lipinski definition) is 1. The highest BCUT2D eigenvalue weighted by Gasteiger charge is 2.16. The summed E-state index contributed by atoms with van der Waals surface area (Å²) >= 11 is 1.60. The summed E-state index contributed by atoms with van der Waals surface area (Å²) in [5, 5.41) is 2.02. The lowest BCUT2D eigenvalue weighted by atomic mass is 10.0. The van der Waals surface area contributed by atoms with Crippen molar-refractivity contribution in [2.75, 3.05) is 6.54 Å². The van der Waals surface area contributed by atoms with Gasteiger partial charge in [-0.3, -0.25) is 4.40 Å². The molecule has 0 unspecified atom stereocenters. The van der Waals surface area contributed by atoms with Crippen molar-refractivity contribution in [2.45, 2.75) is 26.2 Å². The van der Waals surface area contributed by atoms with Gasteiger partial charge in [0.05, 0.1) is 5.69 Å². The van der Waals surface area contributed by atoms with Crippen molar-refractivity contribution in [1.82, 2.24) is 9.38 Å². The van der Waals surface area contributed by atoms with E-state index in [1.165, 1.54) is 5.56 Å². The molecule has 0 aliphatic heterocycles. The van der Waals surface area contributed by atoms with Crippen LogP contribution in [0.5, 0.6) is 11.6 Å². The molecule has 2 aromatic heterocycles. The number of para-hydroxylation sites is 1. The minimum Gasteiger partial charge on any atom is -0.437 e. The predicted octanol–water partition coefficient (Wildman–Crippen LogP) is 3.81. The molecule has 0 saturated carbocycles. The first kappa shape index (κ1) is 14.1. The average molecular weight is 301 g/mol. The van der Waals surface area contributed by atoms with Crippen LogP contribution in [0.3, 0.4) is 0 Å². The molecule has 0 fully saturated rings. The summed E-state index contributed by atoms with van der Waals surface area (Å²) in [6.45, 7) is 4.90. The van der Waals surface area contributed by atoms with Gasteiger partial charge in [0, 0.05) is 18.0 Å². The lowest BCUT2D eigenvalue weighted by molar-refractivity contribution is 0.451. The van der Waals surface area contributed by atoms with Crippen molar-refractivity contribution >= 4 is 16.3 Å². The van der Waals surface area contributed by atoms with Crippen LogP contribution in [0.4, 0.5) is 0 Å². The van der Waals surface area contributed by atoms with Gasteiger partial charge in [0.1, 0.15) is 5.75 Å². The molecule has 0 spiro atoms. The van der Waals surface area contributed by atoms with Gasteiger partial charge < -0.3 is 10.5 Å². The van der Waals surface area contributed by atoms with E-state index >= 15 is 0 Å². The molecule has 5 heteroatoms. The van der Waals surface area contributed by atoms with Gasteiger partial charge in [-0.25, -0.2) is 0 Å². The minimum atomic E-state index is 0.405. The van der Waals surface area contributed by atoms with E-state index < -0.39 is 0 Å². The monoisotopic (exact) mass is 301 g/mol. The van der Waals surface area contributed by atoms with Crippen LogP contribution in [0, 0.1) is 0 Å². The molecule has 0 atom stereocenters. The Labute approximate surface area is 128 Å². The number of nitrogens with zero attached hydrogens (tertiary/aromatic N) is 2. The van der Waals surface area contributed by atoms with Crippen molar-refractivity contribution in [2.24, 2.45) is 5.73 Å². The summed E-state index contributed by atoms with van der Waals surface area (Å²) in [4.78, 5) is 5.53. The van der Waals surface area contributed by atoms with Gasteiger partial charge in [-0.15, -0.1) is 11.3 Å². The predicted molar refractivity (Wildman–Crippen MR) is 86.4 cm³/mol. The highest BCUT2D eigenvalue weighted by molar-refractivity contribution is 7.15. The molecule has 110 valence electrons. The van der Waals surface area contributed by atoms with Crippen molar-refractivity contribution in [1.29, 1.82) is 0 Å². The van der Waals surface area contributed by atoms with Crippen molar-refractivity contribution < 1.29 is 4.74 Å². The lowest BCUT2D eigenvalue weighted by Crippen LogP contribution is -2.06. The normalized spacial score (nSPS) is 11.4. The van der Waals surface area contributed by atoms with E-state index in [1.54, 1.807) is 11.3 Å². The third kappa shape index (κ3) is 2.66. The quantitative estimate of drug-likeness (QED) is 0.779. The van der Waals surface area contributed by atoms with E-state index in [9.17, 15) is 0 Å². The SMILES string of the molecule is CC(C)c1ccccc1Oc1nc2sccn2c1CCN. The first-order chi connectivity index (χ1) is 10.2. The zero-order valence-corrected chi connectivity index (χ0v) is 13.1. The highest BCUT2D eigenvalue weighted by atomic mass is 32.1. The minimum absolute atomic E-state index is 0.405. The van der Waals surface area contributed by atoms with Gasteiger partial charge in [0.15, 0.2) is 4.96 Å². The Hall–Kier alpha value is -1.85. The van der Waals surface area contributed by atoms with E-state index in [-0.39, 0.29) is 0 Å². The van der Waals surface area contributed by atoms with Crippen molar-refractivity contribution in [3.8, 4) is 11.6 Å². The second-order valence-corrected chi connectivity index (χ2v) is 6.13. The number of nitrogens with two attached hydrogens (primary N) is 1. The topological polar surface area (TPSA) is 52.5 Å². The van der Waals surface area contributed by atoms with Gasteiger partial charge in [-0.2, -0.15) is 4.98 Å². The third-order valence-electron chi connectivity index (χ3n) is 3.45. The lowest BCUT2D eigenvalue weighted by Gasteiger charge is -2.13. The maximum Gasteiger partial charge on any atom is 0.242 e. The largest absolute Gasteiger partial charge is 0.437 e. The van der Waals surface area contributed by atoms with Crippen LogP contribution in [0.1, 0.15) is 31.0 Å². The van der Waals surface area contributed by atoms with Crippen LogP contribution in [0.15, 0.2) is 35.8 Å². The number of aromatic nitrogens is 2. The maximum absolute atomic E-state index is 6.12. The summed E-state index contributed by atoms with van der Waals surface area (Å²) < 4.78 is 8.18. The number of benzene rings is 1. The van der Waals surface area contributed by atoms with Crippen LogP contribution in [0.25, 0.3) is 4.96 Å². The summed E-state index contributed by atoms with van der Waals surface area (Å²) in [6.07, 6.45) is 2.76. The highest BCUT2D eigenvalue weighted by Crippen LogP contribution is 2.32. The fourth-order valence-electron chi connectivity index (χ4n) is 2.41. The second kappa shape index (κ2) is 5.87. The Kier molecular flexibility index (Phi) is 3.94. The maximum atomic E-state index is 6.12. The smallest absolute Gasteiger partial charge is 0.242 e. The van der Waals surface area contributed by atoms with E-state index in [4.69, 9.17) is 10.5 Å². The Morgan fingerprint density at radius 2 is 2.14 bits per heavy atom. The number of fused-ring (bicyclic) bond motifs is 1.